The van der Waals surface area contributed by atoms with Crippen molar-refractivity contribution in [1.29, 1.82) is 0 Å². The summed E-state index contributed by atoms with van der Waals surface area (Å²) in [7, 11) is 1.56. The Morgan fingerprint density at radius 1 is 1.14 bits per heavy atom. The fourth-order valence-corrected chi connectivity index (χ4v) is 3.22. The Bertz CT molecular complexity index is 1000. The summed E-state index contributed by atoms with van der Waals surface area (Å²) in [5, 5.41) is 10.8. The average molecular weight is 377 g/mol. The van der Waals surface area contributed by atoms with E-state index in [1.165, 1.54) is 4.68 Å². The minimum atomic E-state index is -0.359. The summed E-state index contributed by atoms with van der Waals surface area (Å²) >= 11 is 0. The second-order valence-electron chi connectivity index (χ2n) is 6.43. The van der Waals surface area contributed by atoms with Gasteiger partial charge in [-0.05, 0) is 24.3 Å². The zero-order valence-electron chi connectivity index (χ0n) is 15.3. The topological polar surface area (TPSA) is 89.3 Å². The first-order valence-corrected chi connectivity index (χ1v) is 8.87. The summed E-state index contributed by atoms with van der Waals surface area (Å²) < 4.78 is 6.87. The molecule has 8 heteroatoms. The summed E-state index contributed by atoms with van der Waals surface area (Å²) in [5.74, 6) is 0.193. The lowest BCUT2D eigenvalue weighted by molar-refractivity contribution is -0.117. The molecule has 1 saturated heterocycles. The molecule has 1 aliphatic rings. The molecular weight excluding hydrogens is 358 g/mol. The van der Waals surface area contributed by atoms with Crippen molar-refractivity contribution < 1.29 is 14.3 Å². The fourth-order valence-electron chi connectivity index (χ4n) is 3.22. The standard InChI is InChI=1S/C20H19N5O3/c1-28-18-10-6-5-9-17(18)24-12-14(11-19(24)26)21-20(27)16-13-25(23-22-16)15-7-3-2-4-8-15/h2-10,13-14H,11-12H2,1H3,(H,21,27)/t14-/m0/s1. The van der Waals surface area contributed by atoms with Crippen molar-refractivity contribution in [2.75, 3.05) is 18.6 Å². The van der Waals surface area contributed by atoms with Gasteiger partial charge in [-0.1, -0.05) is 35.5 Å². The SMILES string of the molecule is COc1ccccc1N1C[C@@H](NC(=O)c2cn(-c3ccccc3)nn2)CC1=O. The van der Waals surface area contributed by atoms with Crippen LogP contribution in [0.1, 0.15) is 16.9 Å². The van der Waals surface area contributed by atoms with Crippen molar-refractivity contribution in [3.63, 3.8) is 0 Å². The second-order valence-corrected chi connectivity index (χ2v) is 6.43. The number of amides is 2. The van der Waals surface area contributed by atoms with Gasteiger partial charge in [0.05, 0.1) is 30.7 Å². The van der Waals surface area contributed by atoms with E-state index in [1.807, 2.05) is 48.5 Å². The van der Waals surface area contributed by atoms with Crippen LogP contribution in [0.5, 0.6) is 5.75 Å². The molecule has 4 rings (SSSR count). The maximum absolute atomic E-state index is 12.5. The highest BCUT2D eigenvalue weighted by Crippen LogP contribution is 2.31. The Labute approximate surface area is 161 Å². The van der Waals surface area contributed by atoms with E-state index in [0.29, 0.717) is 18.0 Å². The zero-order chi connectivity index (χ0) is 19.5. The monoisotopic (exact) mass is 377 g/mol. The molecule has 0 radical (unpaired) electrons. The van der Waals surface area contributed by atoms with E-state index in [4.69, 9.17) is 4.74 Å². The van der Waals surface area contributed by atoms with Gasteiger partial charge in [-0.3, -0.25) is 9.59 Å². The molecule has 1 aromatic heterocycles. The number of methoxy groups -OCH3 is 1. The smallest absolute Gasteiger partial charge is 0.273 e. The van der Waals surface area contributed by atoms with Crippen LogP contribution in [0.15, 0.2) is 60.8 Å². The lowest BCUT2D eigenvalue weighted by atomic mass is 10.2. The van der Waals surface area contributed by atoms with Crippen LogP contribution in [-0.4, -0.2) is 46.5 Å². The molecule has 3 aromatic rings. The summed E-state index contributed by atoms with van der Waals surface area (Å²) in [6, 6.07) is 16.4. The first-order valence-electron chi connectivity index (χ1n) is 8.87. The number of para-hydroxylation sites is 3. The van der Waals surface area contributed by atoms with Crippen LogP contribution in [0.25, 0.3) is 5.69 Å². The Morgan fingerprint density at radius 2 is 1.89 bits per heavy atom. The molecule has 1 fully saturated rings. The number of nitrogens with zero attached hydrogens (tertiary/aromatic N) is 4. The van der Waals surface area contributed by atoms with Gasteiger partial charge in [-0.25, -0.2) is 4.68 Å². The van der Waals surface area contributed by atoms with E-state index in [1.54, 1.807) is 24.3 Å². The summed E-state index contributed by atoms with van der Waals surface area (Å²) in [4.78, 5) is 26.6. The van der Waals surface area contributed by atoms with Crippen LogP contribution >= 0.6 is 0 Å². The molecule has 28 heavy (non-hydrogen) atoms. The zero-order valence-corrected chi connectivity index (χ0v) is 15.3. The quantitative estimate of drug-likeness (QED) is 0.733. The van der Waals surface area contributed by atoms with Crippen LogP contribution in [0.3, 0.4) is 0 Å². The van der Waals surface area contributed by atoms with Crippen LogP contribution in [0.4, 0.5) is 5.69 Å². The average Bonchev–Trinajstić information content (AvgIpc) is 3.36. The highest BCUT2D eigenvalue weighted by Gasteiger charge is 2.33. The van der Waals surface area contributed by atoms with Crippen molar-refractivity contribution in [2.24, 2.45) is 0 Å². The number of benzene rings is 2. The molecule has 2 amide bonds. The molecule has 142 valence electrons. The van der Waals surface area contributed by atoms with E-state index in [2.05, 4.69) is 15.6 Å². The van der Waals surface area contributed by atoms with Crippen LogP contribution < -0.4 is 15.0 Å². The molecule has 1 atom stereocenters. The third-order valence-corrected chi connectivity index (χ3v) is 4.58. The molecule has 0 aliphatic carbocycles. The number of rotatable bonds is 5. The molecule has 0 saturated carbocycles. The van der Waals surface area contributed by atoms with Crippen LogP contribution in [-0.2, 0) is 4.79 Å². The molecular formula is C20H19N5O3. The molecule has 1 aliphatic heterocycles. The summed E-state index contributed by atoms with van der Waals surface area (Å²) in [6.07, 6.45) is 1.79. The van der Waals surface area contributed by atoms with E-state index in [0.717, 1.165) is 5.69 Å². The van der Waals surface area contributed by atoms with Gasteiger partial charge >= 0.3 is 0 Å². The van der Waals surface area contributed by atoms with Crippen molar-refractivity contribution in [3.8, 4) is 11.4 Å². The van der Waals surface area contributed by atoms with E-state index in [-0.39, 0.29) is 30.0 Å². The first-order chi connectivity index (χ1) is 13.7. The molecule has 2 aromatic carbocycles. The van der Waals surface area contributed by atoms with E-state index in [9.17, 15) is 9.59 Å². The van der Waals surface area contributed by atoms with Crippen molar-refractivity contribution >= 4 is 17.5 Å². The van der Waals surface area contributed by atoms with Crippen LogP contribution in [0, 0.1) is 0 Å². The van der Waals surface area contributed by atoms with E-state index < -0.39 is 0 Å². The predicted molar refractivity (Wildman–Crippen MR) is 103 cm³/mol. The highest BCUT2D eigenvalue weighted by atomic mass is 16.5. The number of aromatic nitrogens is 3. The largest absolute Gasteiger partial charge is 0.495 e. The van der Waals surface area contributed by atoms with Crippen molar-refractivity contribution in [2.45, 2.75) is 12.5 Å². The third kappa shape index (κ3) is 3.44. The summed E-state index contributed by atoms with van der Waals surface area (Å²) in [6.45, 7) is 0.373. The van der Waals surface area contributed by atoms with Gasteiger partial charge in [0.2, 0.25) is 5.91 Å². The Hall–Kier alpha value is -3.68. The minimum absolute atomic E-state index is 0.0669. The maximum Gasteiger partial charge on any atom is 0.273 e. The number of ether oxygens (including phenoxy) is 1. The Morgan fingerprint density at radius 3 is 2.68 bits per heavy atom. The van der Waals surface area contributed by atoms with Gasteiger partial charge in [-0.15, -0.1) is 5.10 Å². The predicted octanol–water partition coefficient (Wildman–Crippen LogP) is 1.81. The highest BCUT2D eigenvalue weighted by molar-refractivity contribution is 5.99. The van der Waals surface area contributed by atoms with Crippen molar-refractivity contribution in [1.82, 2.24) is 20.3 Å². The number of hydrogen-bond acceptors (Lipinski definition) is 5. The molecule has 0 spiro atoms. The molecule has 0 bridgehead atoms. The van der Waals surface area contributed by atoms with Gasteiger partial charge in [0.1, 0.15) is 5.75 Å². The second kappa shape index (κ2) is 7.51. The molecule has 2 heterocycles. The number of anilines is 1. The van der Waals surface area contributed by atoms with Gasteiger partial charge in [0, 0.05) is 13.0 Å². The molecule has 0 unspecified atom stereocenters. The Balaban J connectivity index is 1.45. The minimum Gasteiger partial charge on any atom is -0.495 e. The van der Waals surface area contributed by atoms with Gasteiger partial charge in [0.25, 0.3) is 5.91 Å². The lowest BCUT2D eigenvalue weighted by Crippen LogP contribution is -2.37. The number of carbonyl (C=O) groups is 2. The van der Waals surface area contributed by atoms with Crippen molar-refractivity contribution in [3.05, 3.63) is 66.5 Å². The van der Waals surface area contributed by atoms with Gasteiger partial charge in [0.15, 0.2) is 5.69 Å². The lowest BCUT2D eigenvalue weighted by Gasteiger charge is -2.19. The van der Waals surface area contributed by atoms with Crippen LogP contribution in [0.2, 0.25) is 0 Å². The summed E-state index contributed by atoms with van der Waals surface area (Å²) in [5.41, 5.74) is 1.71. The normalized spacial score (nSPS) is 16.2. The fraction of sp³-hybridized carbons (Fsp3) is 0.200. The Kier molecular flexibility index (Phi) is 4.76. The number of carbonyl (C=O) groups excluding carboxylic acids is 2. The number of hydrogen-bond donors (Lipinski definition) is 1. The molecule has 1 N–H and O–H groups in total. The van der Waals surface area contributed by atoms with E-state index >= 15 is 0 Å². The van der Waals surface area contributed by atoms with Gasteiger partial charge < -0.3 is 15.0 Å². The number of nitrogens with one attached hydrogen (secondary N) is 1. The van der Waals surface area contributed by atoms with Gasteiger partial charge in [-0.2, -0.15) is 0 Å². The molecule has 8 nitrogen and oxygen atoms in total. The third-order valence-electron chi connectivity index (χ3n) is 4.58. The maximum atomic E-state index is 12.5. The first kappa shape index (κ1) is 17.7.